The number of hydrogen-bond acceptors (Lipinski definition) is 3. The maximum atomic E-state index is 12.4. The van der Waals surface area contributed by atoms with Crippen LogP contribution in [-0.4, -0.2) is 23.1 Å². The topological polar surface area (TPSA) is 63.6 Å². The van der Waals surface area contributed by atoms with Gasteiger partial charge in [0.05, 0.1) is 11.3 Å². The Labute approximate surface area is 138 Å². The van der Waals surface area contributed by atoms with E-state index >= 15 is 0 Å². The van der Waals surface area contributed by atoms with E-state index in [-0.39, 0.29) is 18.0 Å². The van der Waals surface area contributed by atoms with Crippen LogP contribution in [0.3, 0.4) is 0 Å². The van der Waals surface area contributed by atoms with Gasteiger partial charge < -0.3 is 9.84 Å². The number of fused-ring (bicyclic) bond motifs is 9. The average molecular weight is 320 g/mol. The van der Waals surface area contributed by atoms with E-state index in [1.807, 2.05) is 20.8 Å². The minimum atomic E-state index is -0.612. The molecule has 0 saturated heterocycles. The summed E-state index contributed by atoms with van der Waals surface area (Å²) in [4.78, 5) is 24.0. The zero-order valence-corrected chi connectivity index (χ0v) is 14.3. The lowest BCUT2D eigenvalue weighted by Crippen LogP contribution is -2.42. The van der Waals surface area contributed by atoms with Crippen LogP contribution in [0.2, 0.25) is 0 Å². The second-order valence-corrected chi connectivity index (χ2v) is 9.07. The lowest BCUT2D eigenvalue weighted by atomic mass is 9.66. The molecular weight excluding hydrogens is 292 g/mol. The maximum Gasteiger partial charge on any atom is 0.311 e. The van der Waals surface area contributed by atoms with Crippen LogP contribution >= 0.6 is 0 Å². The number of rotatable bonds is 4. The second-order valence-electron chi connectivity index (χ2n) is 9.07. The van der Waals surface area contributed by atoms with Crippen molar-refractivity contribution >= 4 is 11.9 Å². The van der Waals surface area contributed by atoms with Gasteiger partial charge >= 0.3 is 11.9 Å². The van der Waals surface area contributed by atoms with Gasteiger partial charge in [-0.05, 0) is 81.5 Å². The minimum Gasteiger partial charge on any atom is -0.481 e. The summed E-state index contributed by atoms with van der Waals surface area (Å²) in [5, 5.41) is 9.49. The molecule has 128 valence electrons. The monoisotopic (exact) mass is 320 g/mol. The molecule has 4 bridgehead atoms. The highest BCUT2D eigenvalue weighted by atomic mass is 16.5. The van der Waals surface area contributed by atoms with Gasteiger partial charge in [0.25, 0.3) is 0 Å². The first kappa shape index (κ1) is 15.5. The molecule has 0 radical (unpaired) electrons. The molecule has 0 aliphatic heterocycles. The Morgan fingerprint density at radius 3 is 2.35 bits per heavy atom. The number of carboxylic acids is 1. The molecule has 0 aromatic heterocycles. The Hall–Kier alpha value is -1.06. The summed E-state index contributed by atoms with van der Waals surface area (Å²) in [5.41, 5.74) is -0.417. The first-order chi connectivity index (χ1) is 10.8. The first-order valence-corrected chi connectivity index (χ1v) is 9.27. The molecule has 0 spiro atoms. The molecule has 4 aliphatic carbocycles. The molecule has 4 saturated carbocycles. The Bertz CT molecular complexity index is 539. The zero-order valence-electron chi connectivity index (χ0n) is 14.3. The van der Waals surface area contributed by atoms with Crippen molar-refractivity contribution in [1.29, 1.82) is 0 Å². The number of carbonyl (C=O) groups is 2. The summed E-state index contributed by atoms with van der Waals surface area (Å²) >= 11 is 0. The fraction of sp³-hybridized carbons (Fsp3) is 0.895. The maximum absolute atomic E-state index is 12.4. The molecular formula is C19H28O4. The first-order valence-electron chi connectivity index (χ1n) is 9.27. The fourth-order valence-electron chi connectivity index (χ4n) is 6.40. The van der Waals surface area contributed by atoms with Crippen molar-refractivity contribution in [2.24, 2.45) is 46.8 Å². The molecule has 0 heterocycles. The van der Waals surface area contributed by atoms with Gasteiger partial charge in [0.15, 0.2) is 0 Å². The predicted molar refractivity (Wildman–Crippen MR) is 84.5 cm³/mol. The lowest BCUT2D eigenvalue weighted by Gasteiger charge is -2.40. The van der Waals surface area contributed by atoms with Gasteiger partial charge in [0.2, 0.25) is 0 Å². The van der Waals surface area contributed by atoms with Crippen molar-refractivity contribution < 1.29 is 19.4 Å². The van der Waals surface area contributed by atoms with Crippen LogP contribution in [0.15, 0.2) is 0 Å². The molecule has 4 fully saturated rings. The highest BCUT2D eigenvalue weighted by molar-refractivity contribution is 5.76. The van der Waals surface area contributed by atoms with Crippen molar-refractivity contribution in [2.45, 2.75) is 59.0 Å². The molecule has 4 nitrogen and oxygen atoms in total. The summed E-state index contributed by atoms with van der Waals surface area (Å²) in [6, 6.07) is 0. The summed E-state index contributed by atoms with van der Waals surface area (Å²) in [7, 11) is 0. The van der Waals surface area contributed by atoms with E-state index in [1.54, 1.807) is 0 Å². The average Bonchev–Trinajstić information content (AvgIpc) is 3.23. The van der Waals surface area contributed by atoms with Crippen LogP contribution in [0, 0.1) is 46.8 Å². The van der Waals surface area contributed by atoms with E-state index in [1.165, 1.54) is 0 Å². The lowest BCUT2D eigenvalue weighted by molar-refractivity contribution is -0.166. The van der Waals surface area contributed by atoms with E-state index in [2.05, 4.69) is 0 Å². The number of aliphatic carboxylic acids is 1. The van der Waals surface area contributed by atoms with Crippen LogP contribution in [-0.2, 0) is 14.3 Å². The van der Waals surface area contributed by atoms with E-state index in [4.69, 9.17) is 4.74 Å². The molecule has 0 aromatic rings. The number of carboxylic acid groups (broad SMARTS) is 1. The van der Waals surface area contributed by atoms with Crippen LogP contribution in [0.25, 0.3) is 0 Å². The number of hydrogen-bond donors (Lipinski definition) is 1. The van der Waals surface area contributed by atoms with E-state index in [0.717, 1.165) is 38.0 Å². The molecule has 0 aromatic carbocycles. The van der Waals surface area contributed by atoms with Crippen molar-refractivity contribution in [3.63, 3.8) is 0 Å². The fourth-order valence-corrected chi connectivity index (χ4v) is 6.40. The molecule has 1 N–H and O–H groups in total. The van der Waals surface area contributed by atoms with Crippen LogP contribution < -0.4 is 0 Å². The van der Waals surface area contributed by atoms with Gasteiger partial charge in [-0.1, -0.05) is 6.92 Å². The number of carbonyl (C=O) groups excluding carboxylic acids is 1. The predicted octanol–water partition coefficient (Wildman–Crippen LogP) is 3.35. The largest absolute Gasteiger partial charge is 0.481 e. The summed E-state index contributed by atoms with van der Waals surface area (Å²) in [6.07, 6.45) is 4.97. The van der Waals surface area contributed by atoms with Gasteiger partial charge in [-0.2, -0.15) is 0 Å². The third-order valence-electron chi connectivity index (χ3n) is 7.77. The highest BCUT2D eigenvalue weighted by Crippen LogP contribution is 2.69. The van der Waals surface area contributed by atoms with Crippen LogP contribution in [0.5, 0.6) is 0 Å². The minimum absolute atomic E-state index is 0.0355. The second kappa shape index (κ2) is 4.97. The van der Waals surface area contributed by atoms with Gasteiger partial charge in [0.1, 0.15) is 6.10 Å². The van der Waals surface area contributed by atoms with Crippen LogP contribution in [0.1, 0.15) is 52.9 Å². The highest BCUT2D eigenvalue weighted by Gasteiger charge is 2.66. The molecule has 23 heavy (non-hydrogen) atoms. The van der Waals surface area contributed by atoms with E-state index < -0.39 is 11.4 Å². The SMILES string of the molecule is CCC(C)(C)C(=O)OC1CC2CC1C1C3CC(CC3C(=O)O)C21. The Kier molecular flexibility index (Phi) is 3.34. The van der Waals surface area contributed by atoms with Crippen molar-refractivity contribution in [1.82, 2.24) is 0 Å². The van der Waals surface area contributed by atoms with Gasteiger partial charge in [0, 0.05) is 0 Å². The summed E-state index contributed by atoms with van der Waals surface area (Å²) in [6.45, 7) is 5.91. The quantitative estimate of drug-likeness (QED) is 0.637. The Balaban J connectivity index is 1.50. The van der Waals surface area contributed by atoms with Crippen molar-refractivity contribution in [2.75, 3.05) is 0 Å². The number of ether oxygens (including phenoxy) is 1. The standard InChI is InChI=1S/C19H28O4/c1-4-19(2,3)18(22)23-14-8-10-7-13(14)16-11-5-9(15(10)16)6-12(11)17(20)21/h9-16H,4-8H2,1-3H3,(H,20,21). The Morgan fingerprint density at radius 1 is 1.04 bits per heavy atom. The van der Waals surface area contributed by atoms with Crippen molar-refractivity contribution in [3.8, 4) is 0 Å². The smallest absolute Gasteiger partial charge is 0.311 e. The van der Waals surface area contributed by atoms with Crippen LogP contribution in [0.4, 0.5) is 0 Å². The molecule has 8 unspecified atom stereocenters. The zero-order chi connectivity index (χ0) is 16.5. The molecule has 4 aliphatic rings. The number of esters is 1. The Morgan fingerprint density at radius 2 is 1.70 bits per heavy atom. The molecule has 4 rings (SSSR count). The normalized spacial score (nSPS) is 46.9. The molecule has 0 amide bonds. The summed E-state index contributed by atoms with van der Waals surface area (Å²) < 4.78 is 5.93. The van der Waals surface area contributed by atoms with Gasteiger partial charge in [-0.25, -0.2) is 0 Å². The third-order valence-corrected chi connectivity index (χ3v) is 7.77. The summed E-state index contributed by atoms with van der Waals surface area (Å²) in [5.74, 6) is 2.40. The van der Waals surface area contributed by atoms with Crippen molar-refractivity contribution in [3.05, 3.63) is 0 Å². The van der Waals surface area contributed by atoms with Gasteiger partial charge in [-0.3, -0.25) is 9.59 Å². The van der Waals surface area contributed by atoms with Gasteiger partial charge in [-0.15, -0.1) is 0 Å². The van der Waals surface area contributed by atoms with E-state index in [9.17, 15) is 14.7 Å². The van der Waals surface area contributed by atoms with E-state index in [0.29, 0.717) is 29.6 Å². The third kappa shape index (κ3) is 2.09. The molecule has 4 heteroatoms. The molecule has 8 atom stereocenters.